The van der Waals surface area contributed by atoms with Crippen molar-refractivity contribution in [3.8, 4) is 0 Å². The summed E-state index contributed by atoms with van der Waals surface area (Å²) in [6, 6.07) is 13.8. The van der Waals surface area contributed by atoms with Gasteiger partial charge in [-0.25, -0.2) is 4.98 Å². The molecule has 0 amide bonds. The maximum atomic E-state index is 5.71. The average Bonchev–Trinajstić information content (AvgIpc) is 3.50. The Labute approximate surface area is 174 Å². The van der Waals surface area contributed by atoms with Crippen molar-refractivity contribution in [3.63, 3.8) is 0 Å². The highest BCUT2D eigenvalue weighted by Crippen LogP contribution is 2.36. The fraction of sp³-hybridized carbons (Fsp3) is 0.375. The van der Waals surface area contributed by atoms with Crippen LogP contribution in [0.4, 0.5) is 11.5 Å². The van der Waals surface area contributed by atoms with Crippen molar-refractivity contribution in [1.29, 1.82) is 0 Å². The zero-order valence-electron chi connectivity index (χ0n) is 17.4. The van der Waals surface area contributed by atoms with Gasteiger partial charge in [0, 0.05) is 16.3 Å². The predicted molar refractivity (Wildman–Crippen MR) is 124 cm³/mol. The van der Waals surface area contributed by atoms with Gasteiger partial charge in [0.1, 0.15) is 10.8 Å². The van der Waals surface area contributed by atoms with Gasteiger partial charge in [-0.2, -0.15) is 0 Å². The highest BCUT2D eigenvalue weighted by molar-refractivity contribution is 7.99. The first-order chi connectivity index (χ1) is 13.5. The molecule has 1 saturated carbocycles. The van der Waals surface area contributed by atoms with Crippen LogP contribution in [0.3, 0.4) is 0 Å². The number of unbranched alkanes of at least 4 members (excludes halogenated alkanes) is 2. The first kappa shape index (κ1) is 22.1. The minimum absolute atomic E-state index is 0.758. The minimum Gasteiger partial charge on any atom is -0.399 e. The largest absolute Gasteiger partial charge is 0.399 e. The maximum Gasteiger partial charge on any atom is 0.131 e. The van der Waals surface area contributed by atoms with Crippen LogP contribution in [-0.2, 0) is 0 Å². The van der Waals surface area contributed by atoms with Crippen LogP contribution in [0.1, 0.15) is 52.9 Å². The third-order valence-corrected chi connectivity index (χ3v) is 5.39. The van der Waals surface area contributed by atoms with E-state index in [4.69, 9.17) is 5.73 Å². The highest BCUT2D eigenvalue weighted by Gasteiger charge is 2.22. The molecule has 1 aromatic carbocycles. The number of nitrogens with zero attached hydrogens (tertiary/aromatic N) is 1. The lowest BCUT2D eigenvalue weighted by Crippen LogP contribution is -1.99. The van der Waals surface area contributed by atoms with E-state index >= 15 is 0 Å². The van der Waals surface area contributed by atoms with Crippen molar-refractivity contribution in [3.05, 3.63) is 66.4 Å². The summed E-state index contributed by atoms with van der Waals surface area (Å²) in [6.45, 7) is 10.7. The Kier molecular flexibility index (Phi) is 9.15. The summed E-state index contributed by atoms with van der Waals surface area (Å²) in [5.74, 6) is 1.57. The van der Waals surface area contributed by atoms with E-state index in [0.29, 0.717) is 0 Å². The van der Waals surface area contributed by atoms with E-state index in [1.807, 2.05) is 42.5 Å². The quantitative estimate of drug-likeness (QED) is 0.364. The molecule has 1 aromatic heterocycles. The summed E-state index contributed by atoms with van der Waals surface area (Å²) in [5.41, 5.74) is 8.77. The summed E-state index contributed by atoms with van der Waals surface area (Å²) < 4.78 is 0. The smallest absolute Gasteiger partial charge is 0.131 e. The molecule has 150 valence electrons. The Morgan fingerprint density at radius 2 is 1.86 bits per heavy atom. The number of anilines is 2. The van der Waals surface area contributed by atoms with E-state index < -0.39 is 0 Å². The van der Waals surface area contributed by atoms with E-state index in [1.54, 1.807) is 11.8 Å². The van der Waals surface area contributed by atoms with E-state index in [1.165, 1.54) is 37.7 Å². The van der Waals surface area contributed by atoms with E-state index in [0.717, 1.165) is 33.0 Å². The van der Waals surface area contributed by atoms with Crippen LogP contribution in [0.25, 0.3) is 0 Å². The molecule has 4 heteroatoms. The Hall–Kier alpha value is -2.20. The first-order valence-electron chi connectivity index (χ1n) is 10.2. The number of nitrogens with one attached hydrogen (secondary N) is 1. The molecule has 3 rings (SSSR count). The summed E-state index contributed by atoms with van der Waals surface area (Å²) in [6.07, 6.45) is 8.81. The number of aromatic nitrogens is 1. The molecule has 0 aliphatic heterocycles. The van der Waals surface area contributed by atoms with Crippen LogP contribution in [0, 0.1) is 5.92 Å². The zero-order valence-corrected chi connectivity index (χ0v) is 18.2. The van der Waals surface area contributed by atoms with Gasteiger partial charge in [-0.1, -0.05) is 63.1 Å². The molecule has 0 atom stereocenters. The Balaban J connectivity index is 0.000000500. The molecule has 0 spiro atoms. The van der Waals surface area contributed by atoms with Gasteiger partial charge in [0.05, 0.1) is 0 Å². The van der Waals surface area contributed by atoms with Gasteiger partial charge in [0.15, 0.2) is 0 Å². The number of hydrogen-bond acceptors (Lipinski definition) is 4. The number of pyridine rings is 1. The van der Waals surface area contributed by atoms with Crippen molar-refractivity contribution in [2.24, 2.45) is 5.92 Å². The number of allylic oxidation sites excluding steroid dienone is 2. The second-order valence-corrected chi connectivity index (χ2v) is 8.29. The Morgan fingerprint density at radius 3 is 2.43 bits per heavy atom. The van der Waals surface area contributed by atoms with Crippen molar-refractivity contribution < 1.29 is 0 Å². The van der Waals surface area contributed by atoms with Crippen molar-refractivity contribution in [2.45, 2.75) is 62.8 Å². The lowest BCUT2D eigenvalue weighted by atomic mass is 10.1. The van der Waals surface area contributed by atoms with Gasteiger partial charge >= 0.3 is 0 Å². The molecule has 1 heterocycles. The summed E-state index contributed by atoms with van der Waals surface area (Å²) in [4.78, 5) is 5.75. The minimum atomic E-state index is 0.758. The molecule has 1 aliphatic carbocycles. The van der Waals surface area contributed by atoms with Crippen molar-refractivity contribution >= 4 is 23.3 Å². The lowest BCUT2D eigenvalue weighted by molar-refractivity contribution is 0.772. The molecule has 28 heavy (non-hydrogen) atoms. The van der Waals surface area contributed by atoms with Gasteiger partial charge in [0.25, 0.3) is 0 Å². The fourth-order valence-corrected chi connectivity index (χ4v) is 3.49. The fourth-order valence-electron chi connectivity index (χ4n) is 2.68. The number of rotatable bonds is 8. The Bertz CT molecular complexity index is 775. The second kappa shape index (κ2) is 11.6. The van der Waals surface area contributed by atoms with Gasteiger partial charge in [-0.05, 0) is 68.2 Å². The van der Waals surface area contributed by atoms with Crippen LogP contribution < -0.4 is 11.1 Å². The van der Waals surface area contributed by atoms with Crippen molar-refractivity contribution in [1.82, 2.24) is 4.98 Å². The molecule has 2 aromatic rings. The topological polar surface area (TPSA) is 50.9 Å². The molecule has 3 nitrogen and oxygen atoms in total. The van der Waals surface area contributed by atoms with Crippen molar-refractivity contribution in [2.75, 3.05) is 11.1 Å². The number of hydrogen-bond donors (Lipinski definition) is 2. The molecule has 1 fully saturated rings. The molecule has 3 N–H and O–H groups in total. The third kappa shape index (κ3) is 8.22. The normalized spacial score (nSPS) is 13.5. The van der Waals surface area contributed by atoms with Crippen LogP contribution in [-0.4, -0.2) is 4.98 Å². The lowest BCUT2D eigenvalue weighted by Gasteiger charge is -2.08. The molecule has 0 radical (unpaired) electrons. The van der Waals surface area contributed by atoms with Gasteiger partial charge < -0.3 is 11.1 Å². The standard InChI is InChI=1S/C19H21N3S.C5H12/c1-13(15-6-7-15)12-14(2)21-18-4-3-5-19(22-18)23-17-10-8-16(20)9-11-17;1-3-5-4-2/h3-5,8-12,15H,2,6-7,20H2,1H3,(H,21,22);3-5H2,1-2H3/b13-12+;. The maximum absolute atomic E-state index is 5.71. The monoisotopic (exact) mass is 395 g/mol. The van der Waals surface area contributed by atoms with Gasteiger partial charge in [-0.15, -0.1) is 0 Å². The van der Waals surface area contributed by atoms with E-state index in [9.17, 15) is 0 Å². The number of benzene rings is 1. The Morgan fingerprint density at radius 1 is 1.18 bits per heavy atom. The molecule has 0 bridgehead atoms. The molecule has 0 unspecified atom stereocenters. The molecule has 0 saturated heterocycles. The number of nitrogens with two attached hydrogens (primary N) is 1. The van der Waals surface area contributed by atoms with Crippen LogP contribution in [0.5, 0.6) is 0 Å². The van der Waals surface area contributed by atoms with Gasteiger partial charge in [-0.3, -0.25) is 0 Å². The highest BCUT2D eigenvalue weighted by atomic mass is 32.2. The van der Waals surface area contributed by atoms with Crippen LogP contribution in [0.15, 0.2) is 76.3 Å². The molecule has 1 aliphatic rings. The summed E-state index contributed by atoms with van der Waals surface area (Å²) in [7, 11) is 0. The molecular weight excluding hydrogens is 362 g/mol. The number of nitrogen functional groups attached to an aromatic ring is 1. The second-order valence-electron chi connectivity index (χ2n) is 7.20. The summed E-state index contributed by atoms with van der Waals surface area (Å²) >= 11 is 1.61. The summed E-state index contributed by atoms with van der Waals surface area (Å²) in [5, 5.41) is 4.22. The van der Waals surface area contributed by atoms with E-state index in [2.05, 4.69) is 43.7 Å². The third-order valence-electron chi connectivity index (χ3n) is 4.44. The first-order valence-corrected chi connectivity index (χ1v) is 11.0. The van der Waals surface area contributed by atoms with Crippen LogP contribution >= 0.6 is 11.8 Å². The SMILES string of the molecule is C=C(/C=C(\C)C1CC1)Nc1cccc(Sc2ccc(N)cc2)n1.CCCCC. The average molecular weight is 396 g/mol. The predicted octanol–water partition coefficient (Wildman–Crippen LogP) is 7.29. The van der Waals surface area contributed by atoms with E-state index in [-0.39, 0.29) is 0 Å². The van der Waals surface area contributed by atoms with Gasteiger partial charge in [0.2, 0.25) is 0 Å². The molecular formula is C24H33N3S. The zero-order chi connectivity index (χ0) is 20.4. The van der Waals surface area contributed by atoms with Crippen LogP contribution in [0.2, 0.25) is 0 Å².